The van der Waals surface area contributed by atoms with Crippen molar-refractivity contribution in [2.75, 3.05) is 19.7 Å². The number of halogens is 1. The fourth-order valence-electron chi connectivity index (χ4n) is 5.56. The smallest absolute Gasteiger partial charge is 0.344 e. The minimum Gasteiger partial charge on any atom is -0.377 e. The monoisotopic (exact) mass is 429 g/mol. The van der Waals surface area contributed by atoms with Crippen molar-refractivity contribution in [1.82, 2.24) is 26.6 Å². The Morgan fingerprint density at radius 2 is 2.07 bits per heavy atom. The van der Waals surface area contributed by atoms with Crippen LogP contribution in [-0.4, -0.2) is 77.9 Å². The summed E-state index contributed by atoms with van der Waals surface area (Å²) in [4.78, 5) is 0. The molecule has 0 bridgehead atoms. The Morgan fingerprint density at radius 3 is 2.87 bits per heavy atom. The molecule has 1 aliphatic carbocycles. The summed E-state index contributed by atoms with van der Waals surface area (Å²) in [5, 5.41) is 43.2. The lowest BCUT2D eigenvalue weighted by Gasteiger charge is -2.45. The molecule has 8 unspecified atom stereocenters. The molecular weight excluding hydrogens is 393 g/mol. The topological polar surface area (TPSA) is 130 Å². The van der Waals surface area contributed by atoms with Gasteiger partial charge >= 0.3 is 6.10 Å². The minimum absolute atomic E-state index is 0.0271. The van der Waals surface area contributed by atoms with Gasteiger partial charge < -0.3 is 25.4 Å². The first-order valence-electron chi connectivity index (χ1n) is 11.2. The molecule has 3 aliphatic heterocycles. The van der Waals surface area contributed by atoms with Crippen LogP contribution in [0.25, 0.3) is 0 Å². The molecule has 4 aliphatic rings. The van der Waals surface area contributed by atoms with Gasteiger partial charge in [-0.2, -0.15) is 0 Å². The van der Waals surface area contributed by atoms with Crippen LogP contribution in [0.2, 0.25) is 0 Å². The zero-order chi connectivity index (χ0) is 21.3. The Hall–Kier alpha value is -0.690. The Kier molecular flexibility index (Phi) is 7.08. The van der Waals surface area contributed by atoms with Gasteiger partial charge in [0.05, 0.1) is 12.3 Å². The highest BCUT2D eigenvalue weighted by atomic mass is 19.1. The Labute approximate surface area is 176 Å². The zero-order valence-corrected chi connectivity index (χ0v) is 17.5. The van der Waals surface area contributed by atoms with Crippen LogP contribution >= 0.6 is 0 Å². The van der Waals surface area contributed by atoms with Crippen LogP contribution < -0.4 is 26.6 Å². The zero-order valence-electron chi connectivity index (χ0n) is 17.5. The Balaban J connectivity index is 1.46. The minimum atomic E-state index is -2.97. The SMILES string of the molecule is CC1CC(NC(O)(O)O)NC(NC2CC3CCOC3C(C3=CCNCCC3)C2F)N1. The van der Waals surface area contributed by atoms with Gasteiger partial charge in [0.15, 0.2) is 0 Å². The Bertz CT molecular complexity index is 618. The lowest BCUT2D eigenvalue weighted by Crippen LogP contribution is -2.71. The average Bonchev–Trinajstić information content (AvgIpc) is 2.93. The fourth-order valence-corrected chi connectivity index (χ4v) is 5.56. The van der Waals surface area contributed by atoms with Crippen molar-refractivity contribution in [1.29, 1.82) is 0 Å². The van der Waals surface area contributed by atoms with Crippen LogP contribution in [0.3, 0.4) is 0 Å². The summed E-state index contributed by atoms with van der Waals surface area (Å²) in [7, 11) is 0. The number of hydrogen-bond donors (Lipinski definition) is 8. The molecule has 0 radical (unpaired) electrons. The van der Waals surface area contributed by atoms with Gasteiger partial charge in [0.1, 0.15) is 12.5 Å². The van der Waals surface area contributed by atoms with Gasteiger partial charge in [-0.25, -0.2) is 9.71 Å². The van der Waals surface area contributed by atoms with Crippen LogP contribution in [0.15, 0.2) is 11.6 Å². The molecule has 3 heterocycles. The van der Waals surface area contributed by atoms with Crippen LogP contribution in [0, 0.1) is 11.8 Å². The van der Waals surface area contributed by atoms with E-state index in [-0.39, 0.29) is 24.1 Å². The molecule has 0 spiro atoms. The van der Waals surface area contributed by atoms with Crippen molar-refractivity contribution >= 4 is 0 Å². The number of aliphatic hydroxyl groups is 3. The van der Waals surface area contributed by atoms with E-state index < -0.39 is 24.7 Å². The highest BCUT2D eigenvalue weighted by Crippen LogP contribution is 2.44. The first kappa shape index (κ1) is 22.5. The van der Waals surface area contributed by atoms with E-state index in [0.29, 0.717) is 25.4 Å². The predicted octanol–water partition coefficient (Wildman–Crippen LogP) is -1.22. The highest BCUT2D eigenvalue weighted by Gasteiger charge is 2.49. The Morgan fingerprint density at radius 1 is 1.23 bits per heavy atom. The van der Waals surface area contributed by atoms with Crippen LogP contribution in [0.1, 0.15) is 39.0 Å². The van der Waals surface area contributed by atoms with Gasteiger partial charge in [0.25, 0.3) is 0 Å². The van der Waals surface area contributed by atoms with Gasteiger partial charge in [-0.3, -0.25) is 16.0 Å². The third-order valence-corrected chi connectivity index (χ3v) is 6.81. The molecule has 4 rings (SSSR count). The summed E-state index contributed by atoms with van der Waals surface area (Å²) in [6, 6.07) is -0.326. The number of ether oxygens (including phenoxy) is 1. The van der Waals surface area contributed by atoms with Crippen molar-refractivity contribution in [2.24, 2.45) is 11.8 Å². The molecule has 3 fully saturated rings. The largest absolute Gasteiger partial charge is 0.377 e. The number of alkyl halides is 1. The molecule has 0 amide bonds. The second-order valence-corrected chi connectivity index (χ2v) is 9.19. The van der Waals surface area contributed by atoms with Gasteiger partial charge in [-0.15, -0.1) is 0 Å². The van der Waals surface area contributed by atoms with E-state index in [4.69, 9.17) is 4.74 Å². The third-order valence-electron chi connectivity index (χ3n) is 6.81. The van der Waals surface area contributed by atoms with Gasteiger partial charge in [-0.05, 0) is 51.5 Å². The summed E-state index contributed by atoms with van der Waals surface area (Å²) in [6.45, 7) is 4.37. The maximum atomic E-state index is 15.9. The fraction of sp³-hybridized carbons (Fsp3) is 0.900. The van der Waals surface area contributed by atoms with E-state index in [9.17, 15) is 15.3 Å². The van der Waals surface area contributed by atoms with Crippen LogP contribution in [0.4, 0.5) is 4.39 Å². The number of nitrogens with one attached hydrogen (secondary N) is 5. The molecular formula is C20H36FN5O4. The lowest BCUT2D eigenvalue weighted by molar-refractivity contribution is -0.337. The lowest BCUT2D eigenvalue weighted by atomic mass is 9.71. The van der Waals surface area contributed by atoms with Crippen LogP contribution in [0.5, 0.6) is 0 Å². The third kappa shape index (κ3) is 5.37. The van der Waals surface area contributed by atoms with Crippen molar-refractivity contribution in [3.63, 3.8) is 0 Å². The predicted molar refractivity (Wildman–Crippen MR) is 108 cm³/mol. The van der Waals surface area contributed by atoms with Crippen LogP contribution in [-0.2, 0) is 4.74 Å². The quantitative estimate of drug-likeness (QED) is 0.200. The van der Waals surface area contributed by atoms with Crippen molar-refractivity contribution in [3.8, 4) is 0 Å². The number of fused-ring (bicyclic) bond motifs is 1. The molecule has 1 saturated carbocycles. The molecule has 0 aromatic carbocycles. The molecule has 0 aromatic heterocycles. The standard InChI is InChI=1S/C20H36FN5O4/c1-11-9-15(26-20(27,28)29)25-19(23-11)24-14-10-13-5-8-30-18(13)16(17(14)21)12-3-2-6-22-7-4-12/h4,11,13-19,22-29H,2-3,5-10H2,1H3. The molecule has 2 saturated heterocycles. The summed E-state index contributed by atoms with van der Waals surface area (Å²) in [5.41, 5.74) is 1.17. The molecule has 8 N–H and O–H groups in total. The first-order chi connectivity index (χ1) is 14.3. The number of rotatable bonds is 5. The second-order valence-electron chi connectivity index (χ2n) is 9.19. The van der Waals surface area contributed by atoms with Gasteiger partial charge in [0.2, 0.25) is 0 Å². The van der Waals surface area contributed by atoms with E-state index in [0.717, 1.165) is 32.4 Å². The van der Waals surface area contributed by atoms with E-state index in [1.165, 1.54) is 5.57 Å². The van der Waals surface area contributed by atoms with Crippen molar-refractivity contribution in [3.05, 3.63) is 11.6 Å². The maximum absolute atomic E-state index is 15.9. The second kappa shape index (κ2) is 9.43. The highest BCUT2D eigenvalue weighted by molar-refractivity contribution is 5.18. The summed E-state index contributed by atoms with van der Waals surface area (Å²) < 4.78 is 21.9. The summed E-state index contributed by atoms with van der Waals surface area (Å²) >= 11 is 0. The molecule has 9 nitrogen and oxygen atoms in total. The van der Waals surface area contributed by atoms with Crippen molar-refractivity contribution in [2.45, 2.75) is 81.9 Å². The summed E-state index contributed by atoms with van der Waals surface area (Å²) in [5.74, 6) is 0.0880. The van der Waals surface area contributed by atoms with E-state index >= 15 is 4.39 Å². The number of hydrogen-bond acceptors (Lipinski definition) is 9. The summed E-state index contributed by atoms with van der Waals surface area (Å²) in [6.07, 6.45) is 1.14. The van der Waals surface area contributed by atoms with E-state index in [1.54, 1.807) is 0 Å². The molecule has 30 heavy (non-hydrogen) atoms. The molecule has 10 heteroatoms. The van der Waals surface area contributed by atoms with Gasteiger partial charge in [-0.1, -0.05) is 11.6 Å². The van der Waals surface area contributed by atoms with Crippen molar-refractivity contribution < 1.29 is 24.4 Å². The maximum Gasteiger partial charge on any atom is 0.344 e. The van der Waals surface area contributed by atoms with E-state index in [1.807, 2.05) is 6.92 Å². The normalized spacial score (nSPS) is 43.0. The van der Waals surface area contributed by atoms with Gasteiger partial charge in [0, 0.05) is 31.2 Å². The first-order valence-corrected chi connectivity index (χ1v) is 11.2. The molecule has 0 aromatic rings. The molecule has 8 atom stereocenters. The average molecular weight is 430 g/mol. The van der Waals surface area contributed by atoms with E-state index in [2.05, 4.69) is 32.7 Å². The molecule has 172 valence electrons.